The largest absolute Gasteiger partial charge is 0.509 e. The van der Waals surface area contributed by atoms with Crippen LogP contribution in [-0.2, 0) is 16.1 Å². The van der Waals surface area contributed by atoms with Crippen molar-refractivity contribution in [2.45, 2.75) is 18.2 Å². The summed E-state index contributed by atoms with van der Waals surface area (Å²) >= 11 is 24.3. The molecule has 0 fully saturated rings. The first kappa shape index (κ1) is 20.8. The maximum absolute atomic E-state index is 12.3. The van der Waals surface area contributed by atoms with Crippen LogP contribution in [0.25, 0.3) is 0 Å². The maximum Gasteiger partial charge on any atom is 0.509 e. The highest BCUT2D eigenvalue weighted by molar-refractivity contribution is 6.42. The lowest BCUT2D eigenvalue weighted by Gasteiger charge is -2.23. The first-order valence-corrected chi connectivity index (χ1v) is 9.65. The van der Waals surface area contributed by atoms with Crippen LogP contribution in [-0.4, -0.2) is 15.7 Å². The molecule has 146 valence electrons. The summed E-state index contributed by atoms with van der Waals surface area (Å²) in [6.45, 7) is -0.0267. The fourth-order valence-electron chi connectivity index (χ4n) is 2.42. The van der Waals surface area contributed by atoms with Gasteiger partial charge in [-0.05, 0) is 35.4 Å². The van der Waals surface area contributed by atoms with E-state index in [2.05, 4.69) is 4.98 Å². The van der Waals surface area contributed by atoms with E-state index in [0.717, 1.165) is 0 Å². The van der Waals surface area contributed by atoms with Crippen LogP contribution in [0.4, 0.5) is 4.79 Å². The van der Waals surface area contributed by atoms with Crippen molar-refractivity contribution in [2.24, 2.45) is 0 Å². The van der Waals surface area contributed by atoms with Crippen LogP contribution in [0.15, 0.2) is 61.2 Å². The van der Waals surface area contributed by atoms with Crippen LogP contribution in [0.3, 0.4) is 0 Å². The number of nitrogens with zero attached hydrogens (tertiary/aromatic N) is 2. The highest BCUT2D eigenvalue weighted by Crippen LogP contribution is 2.34. The van der Waals surface area contributed by atoms with Crippen LogP contribution in [0.5, 0.6) is 0 Å². The topological polar surface area (TPSA) is 53.4 Å². The second-order valence-corrected chi connectivity index (χ2v) is 7.46. The molecule has 5 nitrogen and oxygen atoms in total. The van der Waals surface area contributed by atoms with E-state index in [1.54, 1.807) is 59.4 Å². The lowest BCUT2D eigenvalue weighted by atomic mass is 10.1. The predicted octanol–water partition coefficient (Wildman–Crippen LogP) is 6.68. The third-order valence-corrected chi connectivity index (χ3v) is 5.27. The number of carbonyl (C=O) groups excluding carboxylic acids is 1. The van der Waals surface area contributed by atoms with Gasteiger partial charge in [0.05, 0.1) is 16.4 Å². The Morgan fingerprint density at radius 2 is 1.82 bits per heavy atom. The molecular weight excluding hydrogens is 446 g/mol. The average Bonchev–Trinajstić information content (AvgIpc) is 3.22. The van der Waals surface area contributed by atoms with Gasteiger partial charge in [-0.15, -0.1) is 0 Å². The molecule has 2 atom stereocenters. The Morgan fingerprint density at radius 3 is 2.46 bits per heavy atom. The van der Waals surface area contributed by atoms with Crippen molar-refractivity contribution in [3.05, 3.63) is 87.4 Å². The third-order valence-electron chi connectivity index (χ3n) is 3.82. The number of carbonyl (C=O) groups is 1. The standard InChI is InChI=1S/C19H14Cl4N2O3/c20-14-4-2-13(3-5-14)17(18(23)25-8-7-24-11-25)28-19(26)27-10-12-1-6-15(21)16(22)9-12/h1-9,11,17-18H,10H2. The molecule has 28 heavy (non-hydrogen) atoms. The maximum atomic E-state index is 12.3. The Hall–Kier alpha value is -1.92. The number of hydrogen-bond donors (Lipinski definition) is 0. The molecule has 0 saturated carbocycles. The van der Waals surface area contributed by atoms with Gasteiger partial charge in [-0.2, -0.15) is 0 Å². The molecule has 1 heterocycles. The van der Waals surface area contributed by atoms with E-state index in [-0.39, 0.29) is 6.61 Å². The molecule has 0 amide bonds. The van der Waals surface area contributed by atoms with Gasteiger partial charge in [0.2, 0.25) is 0 Å². The molecular formula is C19H14Cl4N2O3. The molecule has 0 spiro atoms. The molecule has 3 rings (SSSR count). The summed E-state index contributed by atoms with van der Waals surface area (Å²) < 4.78 is 12.3. The van der Waals surface area contributed by atoms with Crippen molar-refractivity contribution in [1.29, 1.82) is 0 Å². The minimum atomic E-state index is -0.878. The molecule has 0 aliphatic rings. The molecule has 3 aromatic rings. The SMILES string of the molecule is O=C(OCc1ccc(Cl)c(Cl)c1)OC(c1ccc(Cl)cc1)C(Cl)n1ccnc1. The lowest BCUT2D eigenvalue weighted by molar-refractivity contribution is 0.0104. The predicted molar refractivity (Wildman–Crippen MR) is 109 cm³/mol. The molecule has 0 bridgehead atoms. The molecule has 0 N–H and O–H groups in total. The van der Waals surface area contributed by atoms with Gasteiger partial charge in [-0.25, -0.2) is 9.78 Å². The minimum absolute atomic E-state index is 0.0267. The van der Waals surface area contributed by atoms with Crippen LogP contribution >= 0.6 is 46.4 Å². The van der Waals surface area contributed by atoms with Gasteiger partial charge in [-0.3, -0.25) is 0 Å². The molecule has 2 aromatic carbocycles. The van der Waals surface area contributed by atoms with Gasteiger partial charge in [0.25, 0.3) is 0 Å². The highest BCUT2D eigenvalue weighted by atomic mass is 35.5. The van der Waals surface area contributed by atoms with E-state index < -0.39 is 17.8 Å². The Balaban J connectivity index is 1.72. The molecule has 0 saturated heterocycles. The van der Waals surface area contributed by atoms with Crippen LogP contribution in [0.2, 0.25) is 15.1 Å². The second kappa shape index (κ2) is 9.52. The second-order valence-electron chi connectivity index (χ2n) is 5.76. The van der Waals surface area contributed by atoms with Crippen molar-refractivity contribution in [3.8, 4) is 0 Å². The number of benzene rings is 2. The van der Waals surface area contributed by atoms with Crippen molar-refractivity contribution in [2.75, 3.05) is 0 Å². The van der Waals surface area contributed by atoms with Crippen molar-refractivity contribution in [3.63, 3.8) is 0 Å². The summed E-state index contributed by atoms with van der Waals surface area (Å²) in [5.41, 5.74) is 0.595. The number of rotatable bonds is 6. The molecule has 0 aliphatic heterocycles. The van der Waals surface area contributed by atoms with Crippen molar-refractivity contribution >= 4 is 52.6 Å². The number of imidazole rings is 1. The summed E-state index contributed by atoms with van der Waals surface area (Å²) in [7, 11) is 0. The van der Waals surface area contributed by atoms with Gasteiger partial charge in [0.1, 0.15) is 6.61 Å². The highest BCUT2D eigenvalue weighted by Gasteiger charge is 2.27. The van der Waals surface area contributed by atoms with E-state index in [1.807, 2.05) is 0 Å². The van der Waals surface area contributed by atoms with Crippen LogP contribution in [0, 0.1) is 0 Å². The van der Waals surface area contributed by atoms with Crippen LogP contribution < -0.4 is 0 Å². The van der Waals surface area contributed by atoms with Gasteiger partial charge in [0, 0.05) is 17.4 Å². The summed E-state index contributed by atoms with van der Waals surface area (Å²) in [5, 5.41) is 1.34. The van der Waals surface area contributed by atoms with Gasteiger partial charge >= 0.3 is 6.16 Å². The monoisotopic (exact) mass is 458 g/mol. The first-order chi connectivity index (χ1) is 13.4. The van der Waals surface area contributed by atoms with Crippen molar-refractivity contribution in [1.82, 2.24) is 9.55 Å². The van der Waals surface area contributed by atoms with Crippen LogP contribution in [0.1, 0.15) is 22.7 Å². The summed E-state index contributed by atoms with van der Waals surface area (Å²) in [6.07, 6.45) is 3.08. The Morgan fingerprint density at radius 1 is 1.07 bits per heavy atom. The number of hydrogen-bond acceptors (Lipinski definition) is 4. The number of alkyl halides is 1. The van der Waals surface area contributed by atoms with E-state index in [4.69, 9.17) is 55.9 Å². The zero-order valence-electron chi connectivity index (χ0n) is 14.3. The Kier molecular flexibility index (Phi) is 7.08. The molecule has 0 radical (unpaired) electrons. The van der Waals surface area contributed by atoms with E-state index in [1.165, 1.54) is 6.33 Å². The normalized spacial score (nSPS) is 13.0. The smallest absolute Gasteiger partial charge is 0.429 e. The lowest BCUT2D eigenvalue weighted by Crippen LogP contribution is -2.19. The fraction of sp³-hybridized carbons (Fsp3) is 0.158. The van der Waals surface area contributed by atoms with Crippen molar-refractivity contribution < 1.29 is 14.3 Å². The van der Waals surface area contributed by atoms with E-state index >= 15 is 0 Å². The summed E-state index contributed by atoms with van der Waals surface area (Å²) in [6, 6.07) is 11.8. The number of aromatic nitrogens is 2. The zero-order chi connectivity index (χ0) is 20.1. The quantitative estimate of drug-likeness (QED) is 0.305. The number of halogens is 4. The Bertz CT molecular complexity index is 933. The molecule has 9 heteroatoms. The van der Waals surface area contributed by atoms with E-state index in [0.29, 0.717) is 26.2 Å². The summed E-state index contributed by atoms with van der Waals surface area (Å²) in [4.78, 5) is 16.2. The first-order valence-electron chi connectivity index (χ1n) is 8.08. The number of ether oxygens (including phenoxy) is 2. The average molecular weight is 460 g/mol. The third kappa shape index (κ3) is 5.32. The Labute approximate surface area is 181 Å². The molecule has 0 aliphatic carbocycles. The van der Waals surface area contributed by atoms with E-state index in [9.17, 15) is 4.79 Å². The molecule has 1 aromatic heterocycles. The van der Waals surface area contributed by atoms with Gasteiger partial charge in [0.15, 0.2) is 11.6 Å². The minimum Gasteiger partial charge on any atom is -0.429 e. The van der Waals surface area contributed by atoms with Gasteiger partial charge in [-0.1, -0.05) is 64.6 Å². The fourth-order valence-corrected chi connectivity index (χ4v) is 3.18. The summed E-state index contributed by atoms with van der Waals surface area (Å²) in [5.74, 6) is 0. The zero-order valence-corrected chi connectivity index (χ0v) is 17.3. The molecule has 2 unspecified atom stereocenters. The van der Waals surface area contributed by atoms with Gasteiger partial charge < -0.3 is 14.0 Å².